The number of carbonyl (C=O) groups excluding carboxylic acids is 3. The maximum absolute atomic E-state index is 18.0. The molecular formula is C81H100N2O11. The third-order valence-electron chi connectivity index (χ3n) is 34.2. The van der Waals surface area contributed by atoms with Gasteiger partial charge in [0.1, 0.15) is 29.7 Å². The van der Waals surface area contributed by atoms with Gasteiger partial charge in [-0.25, -0.2) is 4.79 Å². The van der Waals surface area contributed by atoms with Gasteiger partial charge in [0.2, 0.25) is 0 Å². The van der Waals surface area contributed by atoms with Crippen LogP contribution in [0.3, 0.4) is 0 Å². The Morgan fingerprint density at radius 1 is 0.862 bits per heavy atom. The average Bonchev–Trinajstić information content (AvgIpc) is 1.40. The summed E-state index contributed by atoms with van der Waals surface area (Å²) in [5, 5.41) is 42.6. The van der Waals surface area contributed by atoms with E-state index in [1.165, 1.54) is 43.2 Å². The van der Waals surface area contributed by atoms with Crippen LogP contribution in [0.15, 0.2) is 64.9 Å². The molecule has 5 saturated heterocycles. The van der Waals surface area contributed by atoms with Gasteiger partial charge >= 0.3 is 11.9 Å². The van der Waals surface area contributed by atoms with Crippen LogP contribution in [-0.4, -0.2) is 106 Å². The van der Waals surface area contributed by atoms with Gasteiger partial charge < -0.3 is 43.6 Å². The van der Waals surface area contributed by atoms with Crippen molar-refractivity contribution in [1.82, 2.24) is 10.2 Å². The summed E-state index contributed by atoms with van der Waals surface area (Å²) < 4.78 is 39.1. The lowest BCUT2D eigenvalue weighted by Gasteiger charge is -2.75. The fraction of sp³-hybridized carbons (Fsp3) is 0.765. The average molecular weight is 1280 g/mol. The fourth-order valence-corrected chi connectivity index (χ4v) is 32.2. The summed E-state index contributed by atoms with van der Waals surface area (Å²) in [5.74, 6) is 6.56. The van der Waals surface area contributed by atoms with Crippen molar-refractivity contribution in [3.8, 4) is 11.8 Å². The Bertz CT molecular complexity index is 3750. The first-order valence-electron chi connectivity index (χ1n) is 38.3. The lowest BCUT2D eigenvalue weighted by molar-refractivity contribution is -0.322. The van der Waals surface area contributed by atoms with Crippen LogP contribution in [0.1, 0.15) is 179 Å². The summed E-state index contributed by atoms with van der Waals surface area (Å²) in [6.07, 6.45) is 27.0. The number of aliphatic hydroxyl groups excluding tert-OH is 3. The number of benzene rings is 1. The van der Waals surface area contributed by atoms with Crippen LogP contribution in [0, 0.1) is 145 Å². The Kier molecular flexibility index (Phi) is 11.8. The van der Waals surface area contributed by atoms with Crippen LogP contribution in [0.4, 0.5) is 0 Å². The second-order valence-electron chi connectivity index (χ2n) is 36.7. The molecule has 19 aliphatic rings. The molecule has 15 fully saturated rings. The van der Waals surface area contributed by atoms with Crippen LogP contribution in [0.2, 0.25) is 0 Å². The van der Waals surface area contributed by atoms with Crippen molar-refractivity contribution in [2.45, 2.75) is 222 Å². The first-order valence-corrected chi connectivity index (χ1v) is 38.3. The zero-order chi connectivity index (χ0) is 63.4. The molecule has 13 nitrogen and oxygen atoms in total. The monoisotopic (exact) mass is 1280 g/mol. The topological polar surface area (TPSA) is 181 Å². The van der Waals surface area contributed by atoms with E-state index in [4.69, 9.17) is 23.4 Å². The predicted octanol–water partition coefficient (Wildman–Crippen LogP) is 11.0. The van der Waals surface area contributed by atoms with E-state index in [-0.39, 0.29) is 89.1 Å². The predicted molar refractivity (Wildman–Crippen MR) is 346 cm³/mol. The summed E-state index contributed by atoms with van der Waals surface area (Å²) >= 11 is 0. The van der Waals surface area contributed by atoms with E-state index in [0.29, 0.717) is 61.7 Å². The molecule has 1 aromatic carbocycles. The molecule has 29 atom stereocenters. The molecule has 2 aromatic rings. The number of epoxide rings is 1. The van der Waals surface area contributed by atoms with Crippen LogP contribution in [-0.2, 0) is 58.2 Å². The first kappa shape index (κ1) is 58.7. The minimum absolute atomic E-state index is 0.00544. The molecule has 500 valence electrons. The van der Waals surface area contributed by atoms with Crippen molar-refractivity contribution in [2.24, 2.45) is 133 Å². The number of allylic oxidation sites excluding steroid dienone is 1. The summed E-state index contributed by atoms with van der Waals surface area (Å²) in [4.78, 5) is 53.9. The highest BCUT2D eigenvalue weighted by Crippen LogP contribution is 2.95. The number of carbonyl (C=O) groups is 3. The van der Waals surface area contributed by atoms with Gasteiger partial charge in [0.25, 0.3) is 0 Å². The molecule has 0 radical (unpaired) electrons. The van der Waals surface area contributed by atoms with Gasteiger partial charge in [0.15, 0.2) is 17.5 Å². The molecule has 0 amide bonds. The number of nitrogens with zero attached hydrogens (tertiary/aromatic N) is 1. The van der Waals surface area contributed by atoms with Gasteiger partial charge in [-0.3, -0.25) is 14.9 Å². The Labute approximate surface area is 554 Å². The number of hydrogen-bond donors (Lipinski definition) is 4. The van der Waals surface area contributed by atoms with Gasteiger partial charge in [0, 0.05) is 47.2 Å². The number of hydrogen-bond acceptors (Lipinski definition) is 13. The number of cyclic esters (lactones) is 1. The van der Waals surface area contributed by atoms with E-state index in [2.05, 4.69) is 98.4 Å². The van der Waals surface area contributed by atoms with E-state index in [9.17, 15) is 10.2 Å². The van der Waals surface area contributed by atoms with Gasteiger partial charge in [-0.05, 0) is 245 Å². The third-order valence-corrected chi connectivity index (χ3v) is 34.2. The quantitative estimate of drug-likeness (QED) is 0.0807. The minimum Gasteiger partial charge on any atom is -0.469 e. The zero-order valence-corrected chi connectivity index (χ0v) is 56.0. The zero-order valence-electron chi connectivity index (χ0n) is 56.0. The molecule has 8 heterocycles. The Morgan fingerprint density at radius 3 is 2.54 bits per heavy atom. The van der Waals surface area contributed by atoms with Crippen molar-refractivity contribution in [2.75, 3.05) is 26.4 Å². The third kappa shape index (κ3) is 6.25. The van der Waals surface area contributed by atoms with Gasteiger partial charge in [-0.15, -0.1) is 0 Å². The van der Waals surface area contributed by atoms with Crippen molar-refractivity contribution < 1.29 is 53.1 Å². The number of fused-ring (bicyclic) bond motifs is 9. The Morgan fingerprint density at radius 2 is 1.71 bits per heavy atom. The molecule has 94 heavy (non-hydrogen) atoms. The van der Waals surface area contributed by atoms with E-state index in [0.717, 1.165) is 108 Å². The molecule has 21 rings (SSSR count). The number of ketones is 1. The molecule has 13 heteroatoms. The Balaban J connectivity index is 0.832. The summed E-state index contributed by atoms with van der Waals surface area (Å²) in [6.45, 7) is 10.7. The van der Waals surface area contributed by atoms with E-state index in [1.54, 1.807) is 0 Å². The van der Waals surface area contributed by atoms with Gasteiger partial charge in [0.05, 0.1) is 54.4 Å². The van der Waals surface area contributed by atoms with Crippen molar-refractivity contribution in [1.29, 1.82) is 0 Å². The normalized spacial score (nSPS) is 53.3. The van der Waals surface area contributed by atoms with Crippen molar-refractivity contribution in [3.63, 3.8) is 0 Å². The number of furan rings is 1. The largest absolute Gasteiger partial charge is 0.469 e. The highest BCUT2D eigenvalue weighted by molar-refractivity contribution is 5.94. The van der Waals surface area contributed by atoms with Crippen molar-refractivity contribution >= 4 is 17.7 Å². The lowest BCUT2D eigenvalue weighted by atomic mass is 9.27. The van der Waals surface area contributed by atoms with Gasteiger partial charge in [-0.2, -0.15) is 0 Å². The summed E-state index contributed by atoms with van der Waals surface area (Å²) in [6, 6.07) is 11.3. The van der Waals surface area contributed by atoms with E-state index in [1.807, 2.05) is 6.26 Å². The van der Waals surface area contributed by atoms with E-state index < -0.39 is 97.9 Å². The van der Waals surface area contributed by atoms with Gasteiger partial charge in [-0.1, -0.05) is 87.9 Å². The van der Waals surface area contributed by atoms with Crippen LogP contribution in [0.5, 0.6) is 0 Å². The van der Waals surface area contributed by atoms with Crippen LogP contribution in [0.25, 0.3) is 0 Å². The number of Topliss-reactive ketones (excluding diaryl/α,β-unsaturated/α-hetero) is 1. The smallest absolute Gasteiger partial charge is 0.339 e. The minimum atomic E-state index is -1.57. The second kappa shape index (κ2) is 19.0. The highest BCUT2D eigenvalue weighted by Gasteiger charge is 3.02. The van der Waals surface area contributed by atoms with Crippen LogP contribution >= 0.6 is 0 Å². The lowest BCUT2D eigenvalue weighted by Crippen LogP contribution is -2.84. The molecule has 29 unspecified atom stereocenters. The molecule has 4 N–H and O–H groups in total. The number of rotatable bonds is 9. The van der Waals surface area contributed by atoms with Crippen LogP contribution < -0.4 is 5.32 Å². The second-order valence-corrected chi connectivity index (χ2v) is 36.7. The SMILES string of the molecule is CC(C)CC1C=C2CC3CCC45CCC6(CCCC6)C4CCC4C6CC7(C)C89OC(=O)C%10OC%107C7(C(O)C(=O)C%10C1(C)OC21C(C(=O)OCC%101C67)C345)C1CC(Cc2ccccc2)CCC1C#CC8CCc1coc(CC(C(O)CO)C2CCC3C(C=CN4CNCC34)C2)c19. The molecule has 7 aliphatic heterocycles. The molecular weight excluding hydrogens is 1180 g/mol. The number of aliphatic hydroxyl groups is 3. The standard InChI is InChI=1S/C81H100N2O11/c1-43(2)30-52-35-53-34-51-22-26-75-28-27-74(24-8-9-25-74)62(75)21-20-57-56-37-72(3)79-50(18-15-49-40-90-61(63(49)79)36-55(60(85)39-84)47-16-19-54-48(33-47)23-29-83-42-82-38-59(54)83)17-14-46-13-12-45(31-44-10-6-5-7-11-44)32-58(46)78(81(72)69(92-81)71(89)93-79)65(56)76-41-91-70(88)67(77(51,57)75)80(53,76)94-73(52,4)66(76)64(86)68(78)87/h5-7,10-11,23,29,35,40,43,45-48,50-52,54-60,62,65-69,82,84-85,87H,8-9,12-13,15-16,18-22,24-28,30-34,36-39,41-42H2,1-4H3. The molecule has 1 aromatic heterocycles. The van der Waals surface area contributed by atoms with E-state index >= 15 is 19.5 Å². The molecule has 8 spiro atoms. The maximum atomic E-state index is 18.0. The fourth-order valence-electron chi connectivity index (χ4n) is 32.2. The number of esters is 2. The summed E-state index contributed by atoms with van der Waals surface area (Å²) in [7, 11) is 0. The molecule has 12 aliphatic carbocycles. The number of ether oxygens (including phenoxy) is 4. The molecule has 10 saturated carbocycles. The highest BCUT2D eigenvalue weighted by atomic mass is 16.7. The molecule has 9 bridgehead atoms. The van der Waals surface area contributed by atoms with Crippen molar-refractivity contribution in [3.05, 3.63) is 83.0 Å². The number of nitrogens with one attached hydrogen (secondary N) is 1. The maximum Gasteiger partial charge on any atom is 0.339 e. The first-order chi connectivity index (χ1) is 45.5. The Hall–Kier alpha value is -4.29. The number of aryl methyl sites for hydroxylation is 1. The summed E-state index contributed by atoms with van der Waals surface area (Å²) in [5.41, 5.74) is -4.93.